The van der Waals surface area contributed by atoms with E-state index in [0.717, 1.165) is 31.3 Å². The summed E-state index contributed by atoms with van der Waals surface area (Å²) in [5, 5.41) is 21.0. The normalized spacial score (nSPS) is 48.0. The molecule has 2 aliphatic heterocycles. The molecule has 2 N–H and O–H groups in total. The van der Waals surface area contributed by atoms with E-state index in [4.69, 9.17) is 14.2 Å². The third-order valence-electron chi connectivity index (χ3n) is 7.93. The van der Waals surface area contributed by atoms with Gasteiger partial charge in [-0.1, -0.05) is 19.1 Å². The van der Waals surface area contributed by atoms with Crippen molar-refractivity contribution in [3.63, 3.8) is 0 Å². The maximum atomic E-state index is 11.9. The molecule has 0 radical (unpaired) electrons. The third-order valence-corrected chi connectivity index (χ3v) is 7.93. The molecule has 2 aliphatic carbocycles. The zero-order valence-electron chi connectivity index (χ0n) is 17.5. The summed E-state index contributed by atoms with van der Waals surface area (Å²) in [6.07, 6.45) is 3.94. The van der Waals surface area contributed by atoms with Gasteiger partial charge in [0.25, 0.3) is 0 Å². The molecule has 0 aromatic carbocycles. The fraction of sp³-hybridized carbons (Fsp3) is 0.864. The summed E-state index contributed by atoms with van der Waals surface area (Å²) in [5.74, 6) is -0.374. The number of carbonyl (C=O) groups is 1. The molecule has 28 heavy (non-hydrogen) atoms. The Hall–Kier alpha value is -0.950. The number of esters is 1. The van der Waals surface area contributed by atoms with Gasteiger partial charge in [-0.2, -0.15) is 0 Å². The lowest BCUT2D eigenvalue weighted by atomic mass is 9.65. The molecular formula is C22H34O6. The first-order valence-electron chi connectivity index (χ1n) is 10.5. The molecule has 1 spiro atoms. The van der Waals surface area contributed by atoms with E-state index < -0.39 is 22.2 Å². The standard InChI is InChI=1S/C22H34O6/c1-13-6-7-16-21(12-23,27-16)11-18-22(28-18)15(19(3,4)25)8-9-20(22,5)17(10-13)26-14(2)24/h15-18,23,25H,1,6-12H2,2-5H3/t15-,16-,17?,18-,20-,21-,22-/m0/s1. The minimum Gasteiger partial charge on any atom is -0.462 e. The number of ether oxygens (including phenoxy) is 3. The van der Waals surface area contributed by atoms with Gasteiger partial charge in [0.1, 0.15) is 17.3 Å². The van der Waals surface area contributed by atoms with Crippen LogP contribution >= 0.6 is 0 Å². The number of carbonyl (C=O) groups excluding carboxylic acids is 1. The lowest BCUT2D eigenvalue weighted by Gasteiger charge is -2.41. The van der Waals surface area contributed by atoms with Gasteiger partial charge in [-0.15, -0.1) is 0 Å². The largest absolute Gasteiger partial charge is 0.462 e. The Kier molecular flexibility index (Phi) is 4.55. The summed E-state index contributed by atoms with van der Waals surface area (Å²) in [6, 6.07) is 0. The summed E-state index contributed by atoms with van der Waals surface area (Å²) >= 11 is 0. The van der Waals surface area contributed by atoms with Gasteiger partial charge in [0.2, 0.25) is 0 Å². The van der Waals surface area contributed by atoms with Crippen molar-refractivity contribution in [3.05, 3.63) is 12.2 Å². The second kappa shape index (κ2) is 6.27. The average Bonchev–Trinajstić information content (AvgIpc) is 3.43. The van der Waals surface area contributed by atoms with Crippen molar-refractivity contribution in [2.75, 3.05) is 6.61 Å². The van der Waals surface area contributed by atoms with Crippen LogP contribution in [0.5, 0.6) is 0 Å². The number of hydrogen-bond donors (Lipinski definition) is 2. The smallest absolute Gasteiger partial charge is 0.302 e. The average molecular weight is 395 g/mol. The molecule has 4 rings (SSSR count). The van der Waals surface area contributed by atoms with E-state index in [1.807, 2.05) is 13.8 Å². The predicted molar refractivity (Wildman–Crippen MR) is 103 cm³/mol. The van der Waals surface area contributed by atoms with Gasteiger partial charge >= 0.3 is 5.97 Å². The molecule has 0 aromatic heterocycles. The number of aliphatic hydroxyl groups is 2. The minimum atomic E-state index is -0.916. The van der Waals surface area contributed by atoms with Crippen LogP contribution < -0.4 is 0 Å². The molecule has 158 valence electrons. The van der Waals surface area contributed by atoms with E-state index in [9.17, 15) is 15.0 Å². The molecule has 7 atom stereocenters. The van der Waals surface area contributed by atoms with Crippen molar-refractivity contribution in [1.82, 2.24) is 0 Å². The molecule has 2 saturated carbocycles. The second-order valence-electron chi connectivity index (χ2n) is 10.2. The zero-order chi connectivity index (χ0) is 20.5. The highest BCUT2D eigenvalue weighted by atomic mass is 16.6. The highest BCUT2D eigenvalue weighted by Gasteiger charge is 2.79. The summed E-state index contributed by atoms with van der Waals surface area (Å²) in [7, 11) is 0. The Morgan fingerprint density at radius 2 is 2.04 bits per heavy atom. The zero-order valence-corrected chi connectivity index (χ0v) is 17.5. The summed E-state index contributed by atoms with van der Waals surface area (Å²) < 4.78 is 18.2. The van der Waals surface area contributed by atoms with Gasteiger partial charge in [0.05, 0.1) is 24.4 Å². The van der Waals surface area contributed by atoms with Crippen LogP contribution in [-0.4, -0.2) is 57.9 Å². The molecule has 6 nitrogen and oxygen atoms in total. The Labute approximate surface area is 167 Å². The van der Waals surface area contributed by atoms with Crippen LogP contribution in [0.1, 0.15) is 66.2 Å². The van der Waals surface area contributed by atoms with Gasteiger partial charge in [-0.05, 0) is 39.5 Å². The van der Waals surface area contributed by atoms with Crippen LogP contribution in [0.25, 0.3) is 0 Å². The molecule has 2 heterocycles. The van der Waals surface area contributed by atoms with Crippen molar-refractivity contribution in [2.24, 2.45) is 11.3 Å². The Morgan fingerprint density at radius 1 is 1.32 bits per heavy atom. The van der Waals surface area contributed by atoms with Gasteiger partial charge in [-0.25, -0.2) is 0 Å². The summed E-state index contributed by atoms with van der Waals surface area (Å²) in [6.45, 7) is 11.4. The molecular weight excluding hydrogens is 360 g/mol. The quantitative estimate of drug-likeness (QED) is 0.434. The van der Waals surface area contributed by atoms with Crippen LogP contribution in [0.3, 0.4) is 0 Å². The highest BCUT2D eigenvalue weighted by molar-refractivity contribution is 5.66. The van der Waals surface area contributed by atoms with Crippen molar-refractivity contribution in [1.29, 1.82) is 0 Å². The fourth-order valence-corrected chi connectivity index (χ4v) is 6.31. The van der Waals surface area contributed by atoms with Crippen LogP contribution in [0.4, 0.5) is 0 Å². The topological polar surface area (TPSA) is 91.8 Å². The molecule has 0 aromatic rings. The van der Waals surface area contributed by atoms with Crippen molar-refractivity contribution in [3.8, 4) is 0 Å². The van der Waals surface area contributed by atoms with Gasteiger partial charge in [-0.3, -0.25) is 4.79 Å². The predicted octanol–water partition coefficient (Wildman–Crippen LogP) is 2.50. The SMILES string of the molecule is C=C1CC[C@@H]2O[C@]2(CO)C[C@@H]2O[C@@]23[C@H](C(C)(C)O)CC[C@@]3(C)C(OC(C)=O)C1. The van der Waals surface area contributed by atoms with E-state index in [1.165, 1.54) is 6.92 Å². The lowest BCUT2D eigenvalue weighted by Crippen LogP contribution is -2.52. The van der Waals surface area contributed by atoms with Gasteiger partial charge in [0.15, 0.2) is 0 Å². The lowest BCUT2D eigenvalue weighted by molar-refractivity contribution is -0.157. The van der Waals surface area contributed by atoms with Crippen LogP contribution in [0, 0.1) is 11.3 Å². The molecule has 0 amide bonds. The third kappa shape index (κ3) is 2.87. The van der Waals surface area contributed by atoms with Crippen molar-refractivity contribution >= 4 is 5.97 Å². The Balaban J connectivity index is 1.75. The van der Waals surface area contributed by atoms with Crippen molar-refractivity contribution in [2.45, 2.75) is 101 Å². The first-order valence-corrected chi connectivity index (χ1v) is 10.5. The first kappa shape index (κ1) is 20.3. The first-order chi connectivity index (χ1) is 13.0. The number of epoxide rings is 2. The molecule has 4 fully saturated rings. The number of aliphatic hydroxyl groups excluding tert-OH is 1. The molecule has 1 unspecified atom stereocenters. The second-order valence-corrected chi connectivity index (χ2v) is 10.2. The number of hydrogen-bond acceptors (Lipinski definition) is 6. The summed E-state index contributed by atoms with van der Waals surface area (Å²) in [5.41, 5.74) is -1.46. The molecule has 0 bridgehead atoms. The van der Waals surface area contributed by atoms with Crippen LogP contribution in [0.15, 0.2) is 12.2 Å². The fourth-order valence-electron chi connectivity index (χ4n) is 6.31. The maximum Gasteiger partial charge on any atom is 0.302 e. The maximum absolute atomic E-state index is 11.9. The minimum absolute atomic E-state index is 0.00835. The van der Waals surface area contributed by atoms with E-state index in [2.05, 4.69) is 13.5 Å². The van der Waals surface area contributed by atoms with Gasteiger partial charge in [0, 0.05) is 31.1 Å². The van der Waals surface area contributed by atoms with Crippen LogP contribution in [-0.2, 0) is 19.0 Å². The van der Waals surface area contributed by atoms with E-state index >= 15 is 0 Å². The van der Waals surface area contributed by atoms with E-state index in [1.54, 1.807) is 0 Å². The molecule has 2 saturated heterocycles. The van der Waals surface area contributed by atoms with E-state index in [-0.39, 0.29) is 36.8 Å². The number of fused-ring (bicyclic) bond motifs is 1. The van der Waals surface area contributed by atoms with Gasteiger partial charge < -0.3 is 24.4 Å². The molecule has 6 heteroatoms. The Morgan fingerprint density at radius 3 is 2.64 bits per heavy atom. The van der Waals surface area contributed by atoms with Crippen molar-refractivity contribution < 1.29 is 29.2 Å². The molecule has 4 aliphatic rings. The Bertz CT molecular complexity index is 683. The number of rotatable bonds is 3. The van der Waals surface area contributed by atoms with Crippen LogP contribution in [0.2, 0.25) is 0 Å². The van der Waals surface area contributed by atoms with E-state index in [0.29, 0.717) is 12.8 Å². The summed E-state index contributed by atoms with van der Waals surface area (Å²) in [4.78, 5) is 11.9. The monoisotopic (exact) mass is 394 g/mol. The highest BCUT2D eigenvalue weighted by Crippen LogP contribution is 2.70.